The number of rotatable bonds is 10. The Hall–Kier alpha value is -2.61. The molecule has 8 heteroatoms. The fourth-order valence-corrected chi connectivity index (χ4v) is 4.69. The molecule has 0 saturated carbocycles. The van der Waals surface area contributed by atoms with Crippen molar-refractivity contribution < 1.29 is 38.2 Å². The van der Waals surface area contributed by atoms with Crippen molar-refractivity contribution in [3.05, 3.63) is 17.7 Å². The van der Waals surface area contributed by atoms with Crippen molar-refractivity contribution in [3.8, 4) is 17.2 Å². The van der Waals surface area contributed by atoms with E-state index in [0.717, 1.165) is 0 Å². The maximum atomic E-state index is 13.6. The Labute approximate surface area is 190 Å². The molecule has 2 rings (SSSR count). The number of amides is 1. The average molecular weight is 451 g/mol. The van der Waals surface area contributed by atoms with Crippen LogP contribution in [0.4, 0.5) is 0 Å². The number of aliphatic carboxylic acids is 1. The maximum absolute atomic E-state index is 13.6. The third kappa shape index (κ3) is 4.33. The standard InChI is InChI=1S/C24H35NO7/c1-8-11-25(22(27)21(26)24(3,4)9-2)12-10-16(19(25)23(28)29)15-13-17(30-5)20(32-7)18(14-15)31-6/h13-14,16,19H,8-12H2,1-7H3/p+1/t16?,19-,25?/m0/s1. The Bertz CT molecular complexity index is 854. The van der Waals surface area contributed by atoms with Crippen LogP contribution < -0.4 is 14.2 Å². The molecule has 0 radical (unpaired) electrons. The lowest BCUT2D eigenvalue weighted by molar-refractivity contribution is -0.855. The van der Waals surface area contributed by atoms with Crippen LogP contribution in [0.25, 0.3) is 0 Å². The molecule has 8 nitrogen and oxygen atoms in total. The SMILES string of the molecule is CCC[N+]1(C(=O)C(=O)C(C)(C)CC)CCC(c2cc(OC)c(OC)c(OC)c2)[C@H]1C(=O)O. The summed E-state index contributed by atoms with van der Waals surface area (Å²) in [6.07, 6.45) is 1.52. The highest BCUT2D eigenvalue weighted by Gasteiger charge is 2.60. The number of carbonyl (C=O) groups excluding carboxylic acids is 2. The first kappa shape index (κ1) is 25.6. The van der Waals surface area contributed by atoms with E-state index in [9.17, 15) is 19.5 Å². The summed E-state index contributed by atoms with van der Waals surface area (Å²) in [6, 6.07) is 2.38. The molecule has 0 aromatic heterocycles. The number of nitrogens with zero attached hydrogens (tertiary/aromatic N) is 1. The van der Waals surface area contributed by atoms with Gasteiger partial charge in [-0.3, -0.25) is 4.79 Å². The minimum atomic E-state index is -1.09. The van der Waals surface area contributed by atoms with Crippen LogP contribution in [0.15, 0.2) is 12.1 Å². The number of hydrogen-bond donors (Lipinski definition) is 1. The molecule has 178 valence electrons. The summed E-state index contributed by atoms with van der Waals surface area (Å²) in [6.45, 7) is 7.80. The molecule has 1 aromatic carbocycles. The molecule has 0 aliphatic carbocycles. The fourth-order valence-electron chi connectivity index (χ4n) is 4.69. The Balaban J connectivity index is 2.63. The minimum Gasteiger partial charge on any atom is -0.493 e. The minimum absolute atomic E-state index is 0.288. The zero-order valence-electron chi connectivity index (χ0n) is 20.2. The number of ketones is 1. The number of quaternary nitrogens is 1. The maximum Gasteiger partial charge on any atom is 0.383 e. The highest BCUT2D eigenvalue weighted by molar-refractivity contribution is 6.35. The summed E-state index contributed by atoms with van der Waals surface area (Å²) in [5.74, 6) is -1.46. The van der Waals surface area contributed by atoms with Crippen molar-refractivity contribution in [1.29, 1.82) is 0 Å². The molecular weight excluding hydrogens is 414 g/mol. The third-order valence-electron chi connectivity index (χ3n) is 6.84. The summed E-state index contributed by atoms with van der Waals surface area (Å²) in [5, 5.41) is 10.3. The summed E-state index contributed by atoms with van der Waals surface area (Å²) in [5.41, 5.74) is -0.165. The highest BCUT2D eigenvalue weighted by atomic mass is 16.5. The predicted molar refractivity (Wildman–Crippen MR) is 119 cm³/mol. The number of ether oxygens (including phenoxy) is 3. The van der Waals surface area contributed by atoms with Crippen LogP contribution in [0, 0.1) is 5.41 Å². The van der Waals surface area contributed by atoms with E-state index in [1.165, 1.54) is 21.3 Å². The summed E-state index contributed by atoms with van der Waals surface area (Å²) < 4.78 is 15.9. The number of Topliss-reactive ketones (excluding diaryl/α,β-unsaturated/α-hetero) is 1. The van der Waals surface area contributed by atoms with Gasteiger partial charge in [-0.2, -0.15) is 0 Å². The van der Waals surface area contributed by atoms with Gasteiger partial charge in [0.05, 0.1) is 40.3 Å². The number of likely N-dealkylation sites (tertiary alicyclic amines) is 1. The lowest BCUT2D eigenvalue weighted by Gasteiger charge is -2.37. The lowest BCUT2D eigenvalue weighted by atomic mass is 9.83. The van der Waals surface area contributed by atoms with E-state index in [4.69, 9.17) is 14.2 Å². The van der Waals surface area contributed by atoms with Crippen molar-refractivity contribution in [1.82, 2.24) is 0 Å². The number of carboxylic acid groups (broad SMARTS) is 1. The van der Waals surface area contributed by atoms with Crippen LogP contribution in [0.1, 0.15) is 58.4 Å². The van der Waals surface area contributed by atoms with Gasteiger partial charge in [0.2, 0.25) is 11.8 Å². The van der Waals surface area contributed by atoms with E-state index in [2.05, 4.69) is 0 Å². The van der Waals surface area contributed by atoms with Crippen molar-refractivity contribution in [2.45, 2.75) is 58.9 Å². The first-order valence-corrected chi connectivity index (χ1v) is 11.0. The molecule has 1 aromatic rings. The Kier molecular flexibility index (Phi) is 7.93. The lowest BCUT2D eigenvalue weighted by Crippen LogP contribution is -2.63. The Morgan fingerprint density at radius 2 is 1.62 bits per heavy atom. The Morgan fingerprint density at radius 3 is 2.03 bits per heavy atom. The number of carboxylic acids is 1. The molecule has 1 heterocycles. The van der Waals surface area contributed by atoms with Crippen LogP contribution in [-0.4, -0.2) is 67.7 Å². The summed E-state index contributed by atoms with van der Waals surface area (Å²) in [4.78, 5) is 39.3. The van der Waals surface area contributed by atoms with Gasteiger partial charge in [0.15, 0.2) is 11.5 Å². The van der Waals surface area contributed by atoms with Crippen LogP contribution in [0.3, 0.4) is 0 Å². The van der Waals surface area contributed by atoms with Crippen LogP contribution in [0.2, 0.25) is 0 Å². The monoisotopic (exact) mass is 450 g/mol. The second-order valence-electron chi connectivity index (χ2n) is 8.99. The van der Waals surface area contributed by atoms with E-state index in [1.807, 2.05) is 13.8 Å². The molecule has 0 spiro atoms. The molecule has 1 N–H and O–H groups in total. The van der Waals surface area contributed by atoms with Crippen LogP contribution in [0.5, 0.6) is 17.2 Å². The molecule has 1 aliphatic heterocycles. The van der Waals surface area contributed by atoms with E-state index in [0.29, 0.717) is 48.6 Å². The van der Waals surface area contributed by atoms with Gasteiger partial charge in [-0.25, -0.2) is 14.1 Å². The van der Waals surface area contributed by atoms with Crippen molar-refractivity contribution in [3.63, 3.8) is 0 Å². The smallest absolute Gasteiger partial charge is 0.383 e. The van der Waals surface area contributed by atoms with Crippen molar-refractivity contribution in [2.75, 3.05) is 34.4 Å². The molecule has 1 saturated heterocycles. The normalized spacial score (nSPS) is 23.0. The van der Waals surface area contributed by atoms with Gasteiger partial charge in [0, 0.05) is 11.8 Å². The summed E-state index contributed by atoms with van der Waals surface area (Å²) >= 11 is 0. The van der Waals surface area contributed by atoms with Crippen LogP contribution in [-0.2, 0) is 14.4 Å². The fraction of sp³-hybridized carbons (Fsp3) is 0.625. The number of benzene rings is 1. The first-order chi connectivity index (χ1) is 15.0. The van der Waals surface area contributed by atoms with E-state index >= 15 is 0 Å². The Morgan fingerprint density at radius 1 is 1.06 bits per heavy atom. The van der Waals surface area contributed by atoms with Gasteiger partial charge in [0.1, 0.15) is 0 Å². The predicted octanol–water partition coefficient (Wildman–Crippen LogP) is 3.41. The molecule has 2 unspecified atom stereocenters. The van der Waals surface area contributed by atoms with Crippen LogP contribution >= 0.6 is 0 Å². The zero-order valence-corrected chi connectivity index (χ0v) is 20.2. The molecule has 3 atom stereocenters. The van der Waals surface area contributed by atoms with Gasteiger partial charge in [0.25, 0.3) is 5.78 Å². The van der Waals surface area contributed by atoms with Gasteiger partial charge >= 0.3 is 11.9 Å². The number of hydrogen-bond acceptors (Lipinski definition) is 6. The van der Waals surface area contributed by atoms with E-state index in [1.54, 1.807) is 26.0 Å². The average Bonchev–Trinajstić information content (AvgIpc) is 3.17. The largest absolute Gasteiger partial charge is 0.493 e. The second kappa shape index (κ2) is 9.90. The topological polar surface area (TPSA) is 99.1 Å². The molecule has 32 heavy (non-hydrogen) atoms. The zero-order chi connectivity index (χ0) is 24.3. The third-order valence-corrected chi connectivity index (χ3v) is 6.84. The number of methoxy groups -OCH3 is 3. The molecule has 0 bridgehead atoms. The number of carbonyl (C=O) groups is 3. The van der Waals surface area contributed by atoms with Crippen molar-refractivity contribution >= 4 is 17.7 Å². The second-order valence-corrected chi connectivity index (χ2v) is 8.99. The first-order valence-electron chi connectivity index (χ1n) is 11.0. The van der Waals surface area contributed by atoms with Gasteiger partial charge in [-0.1, -0.05) is 27.7 Å². The quantitative estimate of drug-likeness (QED) is 0.431. The van der Waals surface area contributed by atoms with E-state index in [-0.39, 0.29) is 11.0 Å². The highest BCUT2D eigenvalue weighted by Crippen LogP contribution is 2.46. The van der Waals surface area contributed by atoms with Gasteiger partial charge in [-0.05, 0) is 30.5 Å². The molecular formula is C24H36NO7+. The van der Waals surface area contributed by atoms with Crippen molar-refractivity contribution in [2.24, 2.45) is 5.41 Å². The molecule has 1 aliphatic rings. The van der Waals surface area contributed by atoms with E-state index < -0.39 is 35.0 Å². The van der Waals surface area contributed by atoms with Gasteiger partial charge < -0.3 is 19.3 Å². The molecule has 1 amide bonds. The molecule has 1 fully saturated rings. The van der Waals surface area contributed by atoms with Gasteiger partial charge in [-0.15, -0.1) is 0 Å². The summed E-state index contributed by atoms with van der Waals surface area (Å²) in [7, 11) is 4.49.